The van der Waals surface area contributed by atoms with Crippen LogP contribution >= 0.6 is 15.9 Å². The van der Waals surface area contributed by atoms with Gasteiger partial charge in [-0.3, -0.25) is 4.90 Å². The molecule has 0 bridgehead atoms. The number of benzene rings is 1. The molecule has 1 unspecified atom stereocenters. The zero-order chi connectivity index (χ0) is 12.1. The summed E-state index contributed by atoms with van der Waals surface area (Å²) in [5.74, 6) is -0.132. The molecule has 1 nitrogen and oxygen atoms in total. The van der Waals surface area contributed by atoms with Gasteiger partial charge in [0.05, 0.1) is 0 Å². The molecule has 94 valence electrons. The van der Waals surface area contributed by atoms with Crippen LogP contribution in [0.2, 0.25) is 0 Å². The van der Waals surface area contributed by atoms with Gasteiger partial charge in [0.2, 0.25) is 0 Å². The fourth-order valence-electron chi connectivity index (χ4n) is 2.49. The molecule has 0 aliphatic carbocycles. The summed E-state index contributed by atoms with van der Waals surface area (Å²) in [5.41, 5.74) is 1.08. The van der Waals surface area contributed by atoms with E-state index in [1.54, 1.807) is 12.1 Å². The van der Waals surface area contributed by atoms with Crippen molar-refractivity contribution in [3.63, 3.8) is 0 Å². The van der Waals surface area contributed by atoms with Crippen LogP contribution in [-0.4, -0.2) is 22.8 Å². The Morgan fingerprint density at radius 1 is 1.29 bits per heavy atom. The minimum atomic E-state index is -0.132. The highest BCUT2D eigenvalue weighted by Crippen LogP contribution is 2.20. The topological polar surface area (TPSA) is 3.24 Å². The first kappa shape index (κ1) is 13.0. The summed E-state index contributed by atoms with van der Waals surface area (Å²) in [5, 5.41) is 1.02. The quantitative estimate of drug-likeness (QED) is 0.764. The Morgan fingerprint density at radius 3 is 2.94 bits per heavy atom. The third kappa shape index (κ3) is 3.78. The van der Waals surface area contributed by atoms with Crippen molar-refractivity contribution in [3.05, 3.63) is 35.6 Å². The molecule has 1 aromatic rings. The van der Waals surface area contributed by atoms with E-state index in [0.717, 1.165) is 24.0 Å². The molecule has 0 spiro atoms. The van der Waals surface area contributed by atoms with Gasteiger partial charge in [0.1, 0.15) is 5.82 Å². The second-order valence-corrected chi connectivity index (χ2v) is 5.41. The molecule has 0 amide bonds. The average molecular weight is 300 g/mol. The van der Waals surface area contributed by atoms with Gasteiger partial charge in [-0.15, -0.1) is 0 Å². The van der Waals surface area contributed by atoms with Gasteiger partial charge in [0, 0.05) is 17.9 Å². The average Bonchev–Trinajstić information content (AvgIpc) is 2.54. The Morgan fingerprint density at radius 2 is 2.18 bits per heavy atom. The molecule has 1 saturated heterocycles. The summed E-state index contributed by atoms with van der Waals surface area (Å²) in [6.45, 7) is 2.00. The summed E-state index contributed by atoms with van der Waals surface area (Å²) in [6.07, 6.45) is 5.15. The highest BCUT2D eigenvalue weighted by Gasteiger charge is 2.19. The van der Waals surface area contributed by atoms with Crippen molar-refractivity contribution < 1.29 is 4.39 Å². The monoisotopic (exact) mass is 299 g/mol. The van der Waals surface area contributed by atoms with Crippen LogP contribution in [0.1, 0.15) is 31.2 Å². The van der Waals surface area contributed by atoms with Crippen molar-refractivity contribution in [2.75, 3.05) is 11.9 Å². The third-order valence-electron chi connectivity index (χ3n) is 3.45. The fraction of sp³-hybridized carbons (Fsp3) is 0.571. The van der Waals surface area contributed by atoms with Crippen LogP contribution < -0.4 is 0 Å². The Hall–Kier alpha value is -0.410. The van der Waals surface area contributed by atoms with Crippen LogP contribution in [-0.2, 0) is 6.54 Å². The van der Waals surface area contributed by atoms with Crippen LogP contribution in [0.25, 0.3) is 0 Å². The minimum absolute atomic E-state index is 0.132. The molecule has 17 heavy (non-hydrogen) atoms. The van der Waals surface area contributed by atoms with E-state index in [1.165, 1.54) is 31.7 Å². The molecule has 1 atom stereocenters. The van der Waals surface area contributed by atoms with Gasteiger partial charge in [0.25, 0.3) is 0 Å². The van der Waals surface area contributed by atoms with Gasteiger partial charge >= 0.3 is 0 Å². The maximum atomic E-state index is 13.2. The van der Waals surface area contributed by atoms with Crippen molar-refractivity contribution in [1.82, 2.24) is 4.90 Å². The normalized spacial score (nSPS) is 22.4. The van der Waals surface area contributed by atoms with Gasteiger partial charge in [-0.1, -0.05) is 40.9 Å². The second-order valence-electron chi connectivity index (χ2n) is 4.76. The number of rotatable bonds is 3. The minimum Gasteiger partial charge on any atom is -0.295 e. The SMILES string of the molecule is Fc1cccc(CN2CCCCCC2CBr)c1. The first-order chi connectivity index (χ1) is 8.29. The van der Waals surface area contributed by atoms with E-state index in [2.05, 4.69) is 20.8 Å². The highest BCUT2D eigenvalue weighted by molar-refractivity contribution is 9.09. The van der Waals surface area contributed by atoms with Gasteiger partial charge < -0.3 is 0 Å². The largest absolute Gasteiger partial charge is 0.295 e. The summed E-state index contributed by atoms with van der Waals surface area (Å²) >= 11 is 3.60. The second kappa shape index (κ2) is 6.50. The van der Waals surface area contributed by atoms with Crippen molar-refractivity contribution in [1.29, 1.82) is 0 Å². The van der Waals surface area contributed by atoms with Crippen LogP contribution in [0.5, 0.6) is 0 Å². The molecule has 0 radical (unpaired) electrons. The maximum absolute atomic E-state index is 13.2. The predicted octanol–water partition coefficient (Wildman–Crippen LogP) is 3.97. The van der Waals surface area contributed by atoms with Gasteiger partial charge in [0.15, 0.2) is 0 Å². The number of hydrogen-bond donors (Lipinski definition) is 0. The maximum Gasteiger partial charge on any atom is 0.123 e. The molecule has 1 aromatic carbocycles. The number of nitrogens with zero attached hydrogens (tertiary/aromatic N) is 1. The molecular formula is C14H19BrFN. The summed E-state index contributed by atoms with van der Waals surface area (Å²) in [4.78, 5) is 2.48. The van der Waals surface area contributed by atoms with E-state index < -0.39 is 0 Å². The van der Waals surface area contributed by atoms with E-state index >= 15 is 0 Å². The lowest BCUT2D eigenvalue weighted by Crippen LogP contribution is -2.35. The zero-order valence-electron chi connectivity index (χ0n) is 10.0. The Labute approximate surface area is 111 Å². The standard InChI is InChI=1S/C14H19BrFN/c15-10-14-7-2-1-3-8-17(14)11-12-5-4-6-13(16)9-12/h4-6,9,14H,1-3,7-8,10-11H2. The number of halogens is 2. The van der Waals surface area contributed by atoms with E-state index in [9.17, 15) is 4.39 Å². The Kier molecular flexibility index (Phi) is 4.99. The van der Waals surface area contributed by atoms with E-state index in [0.29, 0.717) is 6.04 Å². The molecule has 1 aliphatic heterocycles. The smallest absolute Gasteiger partial charge is 0.123 e. The predicted molar refractivity (Wildman–Crippen MR) is 72.9 cm³/mol. The lowest BCUT2D eigenvalue weighted by molar-refractivity contribution is 0.209. The molecule has 0 N–H and O–H groups in total. The van der Waals surface area contributed by atoms with Crippen molar-refractivity contribution in [2.45, 2.75) is 38.3 Å². The Bertz CT molecular complexity index is 356. The van der Waals surface area contributed by atoms with Crippen LogP contribution in [0.4, 0.5) is 4.39 Å². The first-order valence-corrected chi connectivity index (χ1v) is 7.46. The molecule has 1 heterocycles. The van der Waals surface area contributed by atoms with Crippen molar-refractivity contribution in [3.8, 4) is 0 Å². The number of alkyl halides is 1. The molecular weight excluding hydrogens is 281 g/mol. The van der Waals surface area contributed by atoms with Gasteiger partial charge in [-0.25, -0.2) is 4.39 Å². The van der Waals surface area contributed by atoms with Crippen LogP contribution in [0.15, 0.2) is 24.3 Å². The van der Waals surface area contributed by atoms with Gasteiger partial charge in [-0.2, -0.15) is 0 Å². The van der Waals surface area contributed by atoms with Crippen molar-refractivity contribution in [2.24, 2.45) is 0 Å². The lowest BCUT2D eigenvalue weighted by atomic mass is 10.1. The fourth-order valence-corrected chi connectivity index (χ4v) is 3.22. The Balaban J connectivity index is 2.04. The molecule has 0 aromatic heterocycles. The summed E-state index contributed by atoms with van der Waals surface area (Å²) in [6, 6.07) is 7.57. The van der Waals surface area contributed by atoms with Crippen LogP contribution in [0.3, 0.4) is 0 Å². The molecule has 1 aliphatic rings. The summed E-state index contributed by atoms with van der Waals surface area (Å²) < 4.78 is 13.2. The molecule has 1 fully saturated rings. The van der Waals surface area contributed by atoms with E-state index in [4.69, 9.17) is 0 Å². The third-order valence-corrected chi connectivity index (χ3v) is 4.20. The molecule has 0 saturated carbocycles. The highest BCUT2D eigenvalue weighted by atomic mass is 79.9. The summed E-state index contributed by atoms with van der Waals surface area (Å²) in [7, 11) is 0. The molecule has 3 heteroatoms. The first-order valence-electron chi connectivity index (χ1n) is 6.34. The van der Waals surface area contributed by atoms with Crippen LogP contribution in [0, 0.1) is 5.82 Å². The lowest BCUT2D eigenvalue weighted by Gasteiger charge is -2.28. The van der Waals surface area contributed by atoms with Crippen molar-refractivity contribution >= 4 is 15.9 Å². The van der Waals surface area contributed by atoms with E-state index in [1.807, 2.05) is 6.07 Å². The molecule has 2 rings (SSSR count). The van der Waals surface area contributed by atoms with E-state index in [-0.39, 0.29) is 5.82 Å². The zero-order valence-corrected chi connectivity index (χ0v) is 11.6. The number of likely N-dealkylation sites (tertiary alicyclic amines) is 1. The van der Waals surface area contributed by atoms with Gasteiger partial charge in [-0.05, 0) is 37.1 Å². The number of hydrogen-bond acceptors (Lipinski definition) is 1.